The van der Waals surface area contributed by atoms with Gasteiger partial charge in [-0.2, -0.15) is 0 Å². The zero-order chi connectivity index (χ0) is 20.1. The molecule has 0 amide bonds. The van der Waals surface area contributed by atoms with Gasteiger partial charge in [-0.3, -0.25) is 4.98 Å². The molecule has 3 aromatic heterocycles. The van der Waals surface area contributed by atoms with Crippen LogP contribution in [-0.2, 0) is 0 Å². The van der Waals surface area contributed by atoms with Crippen LogP contribution in [-0.4, -0.2) is 24.9 Å². The molecule has 0 bridgehead atoms. The van der Waals surface area contributed by atoms with Gasteiger partial charge in [-0.1, -0.05) is 47.6 Å². The summed E-state index contributed by atoms with van der Waals surface area (Å²) in [6.07, 6.45) is 10.6. The normalized spacial score (nSPS) is 10.1. The Labute approximate surface area is 163 Å². The van der Waals surface area contributed by atoms with Gasteiger partial charge in [0.05, 0.1) is 0 Å². The van der Waals surface area contributed by atoms with E-state index in [2.05, 4.69) is 72.5 Å². The Morgan fingerprint density at radius 2 is 1.33 bits per heavy atom. The standard InChI is InChI=1S/C8H11N.2C7H10N2/c1-7(2)8-4-3-5-9-6-8;1-6(2)7-3-4-8-5-9-7;1-6(2)7-8-4-3-5-9-7/h3-7H,1-2H3;2*3-6H,1-2H3. The minimum absolute atomic E-state index is 0.436. The molecule has 0 saturated heterocycles. The van der Waals surface area contributed by atoms with E-state index in [9.17, 15) is 0 Å². The van der Waals surface area contributed by atoms with Crippen molar-refractivity contribution in [2.45, 2.75) is 59.3 Å². The highest BCUT2D eigenvalue weighted by Crippen LogP contribution is 2.10. The molecule has 0 unspecified atom stereocenters. The Morgan fingerprint density at radius 3 is 1.67 bits per heavy atom. The highest BCUT2D eigenvalue weighted by atomic mass is 14.9. The van der Waals surface area contributed by atoms with Crippen LogP contribution in [0.1, 0.15) is 76.4 Å². The van der Waals surface area contributed by atoms with E-state index in [1.165, 1.54) is 5.56 Å². The summed E-state index contributed by atoms with van der Waals surface area (Å²) < 4.78 is 0. The van der Waals surface area contributed by atoms with Gasteiger partial charge >= 0.3 is 0 Å². The van der Waals surface area contributed by atoms with Gasteiger partial charge in [0.2, 0.25) is 0 Å². The average Bonchev–Trinajstić information content (AvgIpc) is 2.71. The predicted molar refractivity (Wildman–Crippen MR) is 111 cm³/mol. The first-order valence-electron chi connectivity index (χ1n) is 9.34. The van der Waals surface area contributed by atoms with Crippen molar-refractivity contribution in [3.63, 3.8) is 0 Å². The molecule has 27 heavy (non-hydrogen) atoms. The highest BCUT2D eigenvalue weighted by molar-refractivity contribution is 5.12. The summed E-state index contributed by atoms with van der Waals surface area (Å²) in [6.45, 7) is 12.7. The molecule has 3 aromatic rings. The monoisotopic (exact) mass is 365 g/mol. The highest BCUT2D eigenvalue weighted by Gasteiger charge is 1.97. The van der Waals surface area contributed by atoms with Crippen LogP contribution >= 0.6 is 0 Å². The molecule has 0 radical (unpaired) electrons. The second-order valence-electron chi connectivity index (χ2n) is 6.99. The molecule has 0 aliphatic heterocycles. The van der Waals surface area contributed by atoms with Crippen LogP contribution in [0.3, 0.4) is 0 Å². The fourth-order valence-corrected chi connectivity index (χ4v) is 1.97. The molecule has 0 aromatic carbocycles. The second kappa shape index (κ2) is 12.6. The third-order valence-electron chi connectivity index (χ3n) is 3.65. The molecule has 0 fully saturated rings. The molecule has 5 nitrogen and oxygen atoms in total. The lowest BCUT2D eigenvalue weighted by molar-refractivity contribution is 0.774. The van der Waals surface area contributed by atoms with Crippen molar-refractivity contribution >= 4 is 0 Å². The predicted octanol–water partition coefficient (Wildman–Crippen LogP) is 5.41. The van der Waals surface area contributed by atoms with Gasteiger partial charge in [0.25, 0.3) is 0 Å². The van der Waals surface area contributed by atoms with Crippen molar-refractivity contribution in [2.24, 2.45) is 0 Å². The third kappa shape index (κ3) is 9.54. The van der Waals surface area contributed by atoms with E-state index >= 15 is 0 Å². The summed E-state index contributed by atoms with van der Waals surface area (Å²) in [6, 6.07) is 7.82. The van der Waals surface area contributed by atoms with E-state index in [0.717, 1.165) is 11.5 Å². The minimum atomic E-state index is 0.436. The van der Waals surface area contributed by atoms with Crippen molar-refractivity contribution in [2.75, 3.05) is 0 Å². The molecule has 0 aliphatic rings. The Balaban J connectivity index is 0.000000202. The number of aromatic nitrogens is 5. The Morgan fingerprint density at radius 1 is 0.630 bits per heavy atom. The fraction of sp³-hybridized carbons (Fsp3) is 0.409. The topological polar surface area (TPSA) is 64.5 Å². The fourth-order valence-electron chi connectivity index (χ4n) is 1.97. The van der Waals surface area contributed by atoms with Gasteiger partial charge in [0.15, 0.2) is 0 Å². The maximum Gasteiger partial charge on any atom is 0.130 e. The number of rotatable bonds is 3. The maximum atomic E-state index is 4.07. The molecule has 3 heterocycles. The average molecular weight is 366 g/mol. The van der Waals surface area contributed by atoms with E-state index in [0.29, 0.717) is 17.8 Å². The first-order chi connectivity index (χ1) is 12.9. The summed E-state index contributed by atoms with van der Waals surface area (Å²) in [5.41, 5.74) is 2.41. The quantitative estimate of drug-likeness (QED) is 0.621. The van der Waals surface area contributed by atoms with Crippen molar-refractivity contribution in [3.05, 3.63) is 78.7 Å². The Kier molecular flexibility index (Phi) is 10.5. The number of hydrogen-bond acceptors (Lipinski definition) is 5. The Hall–Kier alpha value is -2.69. The summed E-state index contributed by atoms with van der Waals surface area (Å²) in [5.74, 6) is 2.45. The lowest BCUT2D eigenvalue weighted by atomic mass is 10.1. The van der Waals surface area contributed by atoms with E-state index < -0.39 is 0 Å². The molecular weight excluding hydrogens is 334 g/mol. The van der Waals surface area contributed by atoms with Crippen LogP contribution in [0.2, 0.25) is 0 Å². The van der Waals surface area contributed by atoms with Gasteiger partial charge in [-0.15, -0.1) is 0 Å². The lowest BCUT2D eigenvalue weighted by Crippen LogP contribution is -1.93. The van der Waals surface area contributed by atoms with Crippen LogP contribution < -0.4 is 0 Å². The molecule has 5 heteroatoms. The van der Waals surface area contributed by atoms with Gasteiger partial charge in [-0.05, 0) is 35.6 Å². The van der Waals surface area contributed by atoms with Crippen molar-refractivity contribution in [3.8, 4) is 0 Å². The molecule has 144 valence electrons. The van der Waals surface area contributed by atoms with E-state index in [4.69, 9.17) is 0 Å². The SMILES string of the molecule is CC(C)c1cccnc1.CC(C)c1ccncn1.CC(C)c1ncccn1. The van der Waals surface area contributed by atoms with E-state index in [-0.39, 0.29) is 0 Å². The summed E-state index contributed by atoms with van der Waals surface area (Å²) in [4.78, 5) is 20.0. The van der Waals surface area contributed by atoms with Crippen LogP contribution in [0, 0.1) is 0 Å². The van der Waals surface area contributed by atoms with Gasteiger partial charge in [0.1, 0.15) is 12.2 Å². The maximum absolute atomic E-state index is 4.07. The molecule has 0 saturated carbocycles. The first kappa shape index (κ1) is 22.4. The van der Waals surface area contributed by atoms with Gasteiger partial charge < -0.3 is 0 Å². The van der Waals surface area contributed by atoms with Gasteiger partial charge in [-0.25, -0.2) is 19.9 Å². The first-order valence-corrected chi connectivity index (χ1v) is 9.34. The van der Waals surface area contributed by atoms with Crippen LogP contribution in [0.4, 0.5) is 0 Å². The zero-order valence-corrected chi connectivity index (χ0v) is 17.2. The summed E-state index contributed by atoms with van der Waals surface area (Å²) in [5, 5.41) is 0. The Bertz CT molecular complexity index is 610. The molecular formula is C22H31N5. The summed E-state index contributed by atoms with van der Waals surface area (Å²) in [7, 11) is 0. The van der Waals surface area contributed by atoms with Crippen LogP contribution in [0.15, 0.2) is 61.6 Å². The second-order valence-corrected chi connectivity index (χ2v) is 6.99. The molecule has 0 aliphatic carbocycles. The number of nitrogens with zero attached hydrogens (tertiary/aromatic N) is 5. The van der Waals surface area contributed by atoms with Crippen LogP contribution in [0.25, 0.3) is 0 Å². The minimum Gasteiger partial charge on any atom is -0.264 e. The van der Waals surface area contributed by atoms with Gasteiger partial charge in [0, 0.05) is 42.6 Å². The van der Waals surface area contributed by atoms with Crippen molar-refractivity contribution in [1.29, 1.82) is 0 Å². The number of pyridine rings is 1. The molecule has 0 spiro atoms. The van der Waals surface area contributed by atoms with E-state index in [1.807, 2.05) is 24.4 Å². The zero-order valence-electron chi connectivity index (χ0n) is 17.2. The lowest BCUT2D eigenvalue weighted by Gasteiger charge is -2.00. The smallest absolute Gasteiger partial charge is 0.130 e. The molecule has 0 atom stereocenters. The number of hydrogen-bond donors (Lipinski definition) is 0. The largest absolute Gasteiger partial charge is 0.264 e. The van der Waals surface area contributed by atoms with Crippen molar-refractivity contribution in [1.82, 2.24) is 24.9 Å². The molecule has 3 rings (SSSR count). The van der Waals surface area contributed by atoms with E-state index in [1.54, 1.807) is 31.1 Å². The third-order valence-corrected chi connectivity index (χ3v) is 3.65. The van der Waals surface area contributed by atoms with Crippen molar-refractivity contribution < 1.29 is 0 Å². The molecule has 0 N–H and O–H groups in total. The van der Waals surface area contributed by atoms with Crippen LogP contribution in [0.5, 0.6) is 0 Å². The summed E-state index contributed by atoms with van der Waals surface area (Å²) >= 11 is 0.